The van der Waals surface area contributed by atoms with Crippen molar-refractivity contribution in [2.24, 2.45) is 0 Å². The quantitative estimate of drug-likeness (QED) is 0.830. The highest BCUT2D eigenvalue weighted by Crippen LogP contribution is 2.28. The van der Waals surface area contributed by atoms with Crippen LogP contribution in [0.1, 0.15) is 21.8 Å². The molecule has 126 valence electrons. The molecule has 2 saturated heterocycles. The molecule has 2 atom stereocenters. The minimum absolute atomic E-state index is 0.00184. The van der Waals surface area contributed by atoms with Crippen molar-refractivity contribution in [2.45, 2.75) is 26.0 Å². The molecule has 1 amide bonds. The van der Waals surface area contributed by atoms with Crippen molar-refractivity contribution in [3.63, 3.8) is 0 Å². The van der Waals surface area contributed by atoms with Crippen LogP contribution < -0.4 is 4.90 Å². The maximum atomic E-state index is 12.7. The van der Waals surface area contributed by atoms with Gasteiger partial charge in [0.15, 0.2) is 5.82 Å². The topological polar surface area (TPSA) is 71.7 Å². The number of hydrogen-bond donors (Lipinski definition) is 0. The molecule has 7 heteroatoms. The van der Waals surface area contributed by atoms with Crippen molar-refractivity contribution in [1.82, 2.24) is 15.1 Å². The van der Waals surface area contributed by atoms with E-state index in [0.29, 0.717) is 31.0 Å². The molecule has 2 aliphatic heterocycles. The number of rotatable bonds is 2. The first kappa shape index (κ1) is 15.1. The van der Waals surface area contributed by atoms with Gasteiger partial charge in [-0.25, -0.2) is 0 Å². The van der Waals surface area contributed by atoms with Crippen LogP contribution in [-0.2, 0) is 4.74 Å². The number of ether oxygens (including phenoxy) is 1. The molecule has 2 aliphatic rings. The first-order valence-electron chi connectivity index (χ1n) is 8.15. The Labute approximate surface area is 140 Å². The summed E-state index contributed by atoms with van der Waals surface area (Å²) in [5.41, 5.74) is 1.51. The fourth-order valence-corrected chi connectivity index (χ4v) is 3.46. The SMILES string of the molecule is Cc1ccc(N2CCO[C@H]3CN(C(=O)c4ccoc4C)C[C@H]32)nn1. The summed E-state index contributed by atoms with van der Waals surface area (Å²) >= 11 is 0. The van der Waals surface area contributed by atoms with Crippen LogP contribution in [0, 0.1) is 13.8 Å². The predicted molar refractivity (Wildman–Crippen MR) is 87.0 cm³/mol. The smallest absolute Gasteiger partial charge is 0.257 e. The Morgan fingerprint density at radius 1 is 1.21 bits per heavy atom. The minimum atomic E-state index is -0.00538. The lowest BCUT2D eigenvalue weighted by atomic mass is 10.1. The fraction of sp³-hybridized carbons (Fsp3) is 0.471. The largest absolute Gasteiger partial charge is 0.469 e. The van der Waals surface area contributed by atoms with Gasteiger partial charge >= 0.3 is 0 Å². The molecule has 0 unspecified atom stereocenters. The number of hydrogen-bond acceptors (Lipinski definition) is 6. The number of nitrogens with zero attached hydrogens (tertiary/aromatic N) is 4. The number of furan rings is 1. The molecule has 4 heterocycles. The highest BCUT2D eigenvalue weighted by atomic mass is 16.5. The lowest BCUT2D eigenvalue weighted by Crippen LogP contribution is -2.51. The van der Waals surface area contributed by atoms with E-state index in [4.69, 9.17) is 9.15 Å². The Balaban J connectivity index is 1.55. The van der Waals surface area contributed by atoms with Gasteiger partial charge in [0, 0.05) is 19.6 Å². The second-order valence-corrected chi connectivity index (χ2v) is 6.30. The van der Waals surface area contributed by atoms with Crippen molar-refractivity contribution >= 4 is 11.7 Å². The van der Waals surface area contributed by atoms with Gasteiger partial charge in [-0.15, -0.1) is 5.10 Å². The van der Waals surface area contributed by atoms with E-state index in [1.165, 1.54) is 0 Å². The van der Waals surface area contributed by atoms with Crippen molar-refractivity contribution in [3.8, 4) is 0 Å². The summed E-state index contributed by atoms with van der Waals surface area (Å²) in [5, 5.41) is 8.45. The highest BCUT2D eigenvalue weighted by molar-refractivity contribution is 5.95. The van der Waals surface area contributed by atoms with Crippen LogP contribution in [0.4, 0.5) is 5.82 Å². The van der Waals surface area contributed by atoms with Gasteiger partial charge in [-0.3, -0.25) is 4.79 Å². The third-order valence-corrected chi connectivity index (χ3v) is 4.76. The minimum Gasteiger partial charge on any atom is -0.469 e. The Bertz CT molecular complexity index is 743. The summed E-state index contributed by atoms with van der Waals surface area (Å²) in [7, 11) is 0. The van der Waals surface area contributed by atoms with E-state index in [9.17, 15) is 4.79 Å². The van der Waals surface area contributed by atoms with Crippen LogP contribution in [0.5, 0.6) is 0 Å². The zero-order valence-electron chi connectivity index (χ0n) is 13.8. The van der Waals surface area contributed by atoms with Crippen molar-refractivity contribution in [3.05, 3.63) is 41.5 Å². The molecule has 2 aromatic heterocycles. The van der Waals surface area contributed by atoms with Gasteiger partial charge < -0.3 is 19.0 Å². The standard InChI is InChI=1S/C17H20N4O3/c1-11-3-4-16(19-18-11)21-6-8-24-15-10-20(9-14(15)21)17(22)13-5-7-23-12(13)2/h3-5,7,14-15H,6,8-10H2,1-2H3/t14-,15+/m1/s1. The van der Waals surface area contributed by atoms with Gasteiger partial charge in [-0.2, -0.15) is 5.10 Å². The van der Waals surface area contributed by atoms with E-state index in [2.05, 4.69) is 15.1 Å². The van der Waals surface area contributed by atoms with E-state index in [-0.39, 0.29) is 18.1 Å². The van der Waals surface area contributed by atoms with Crippen molar-refractivity contribution < 1.29 is 13.9 Å². The number of amides is 1. The van der Waals surface area contributed by atoms with E-state index < -0.39 is 0 Å². The third kappa shape index (κ3) is 2.54. The normalized spacial score (nSPS) is 23.4. The molecule has 7 nitrogen and oxygen atoms in total. The Kier molecular flexibility index (Phi) is 3.72. The zero-order chi connectivity index (χ0) is 16.7. The van der Waals surface area contributed by atoms with Crippen LogP contribution in [-0.4, -0.2) is 59.4 Å². The van der Waals surface area contributed by atoms with E-state index in [1.54, 1.807) is 19.3 Å². The molecule has 24 heavy (non-hydrogen) atoms. The number of anilines is 1. The molecule has 0 spiro atoms. The Morgan fingerprint density at radius 2 is 2.08 bits per heavy atom. The first-order valence-corrected chi connectivity index (χ1v) is 8.15. The van der Waals surface area contributed by atoms with Gasteiger partial charge in [0.25, 0.3) is 5.91 Å². The molecule has 2 aromatic rings. The molecule has 0 saturated carbocycles. The summed E-state index contributed by atoms with van der Waals surface area (Å²) < 4.78 is 11.2. The lowest BCUT2D eigenvalue weighted by molar-refractivity contribution is 0.0299. The van der Waals surface area contributed by atoms with Gasteiger partial charge in [0.2, 0.25) is 0 Å². The molecular weight excluding hydrogens is 308 g/mol. The van der Waals surface area contributed by atoms with Crippen molar-refractivity contribution in [1.29, 1.82) is 0 Å². The predicted octanol–water partition coefficient (Wildman–Crippen LogP) is 1.42. The fourth-order valence-electron chi connectivity index (χ4n) is 3.46. The molecule has 2 fully saturated rings. The number of carbonyl (C=O) groups is 1. The Morgan fingerprint density at radius 3 is 2.79 bits per heavy atom. The van der Waals surface area contributed by atoms with Gasteiger partial charge in [-0.05, 0) is 32.0 Å². The molecule has 0 aromatic carbocycles. The van der Waals surface area contributed by atoms with Crippen LogP contribution in [0.25, 0.3) is 0 Å². The number of likely N-dealkylation sites (tertiary alicyclic amines) is 1. The summed E-state index contributed by atoms with van der Waals surface area (Å²) in [6.07, 6.45) is 1.55. The monoisotopic (exact) mass is 328 g/mol. The van der Waals surface area contributed by atoms with Crippen molar-refractivity contribution in [2.75, 3.05) is 31.1 Å². The van der Waals surface area contributed by atoms with Crippen LogP contribution >= 0.6 is 0 Å². The molecule has 0 bridgehead atoms. The number of aryl methyl sites for hydroxylation is 2. The summed E-state index contributed by atoms with van der Waals surface area (Å²) in [6.45, 7) is 6.31. The maximum absolute atomic E-state index is 12.7. The number of morpholine rings is 1. The Hall–Kier alpha value is -2.41. The van der Waals surface area contributed by atoms with Gasteiger partial charge in [0.1, 0.15) is 5.76 Å². The summed E-state index contributed by atoms with van der Waals surface area (Å²) in [4.78, 5) is 16.8. The molecule has 0 N–H and O–H groups in total. The second kappa shape index (κ2) is 5.90. The second-order valence-electron chi connectivity index (χ2n) is 6.30. The van der Waals surface area contributed by atoms with Crippen LogP contribution in [0.15, 0.2) is 28.9 Å². The molecular formula is C17H20N4O3. The maximum Gasteiger partial charge on any atom is 0.257 e. The first-order chi connectivity index (χ1) is 11.6. The average Bonchev–Trinajstić information content (AvgIpc) is 3.20. The third-order valence-electron chi connectivity index (χ3n) is 4.76. The molecule has 4 rings (SSSR count). The van der Waals surface area contributed by atoms with Crippen LogP contribution in [0.3, 0.4) is 0 Å². The number of carbonyl (C=O) groups excluding carboxylic acids is 1. The lowest BCUT2D eigenvalue weighted by Gasteiger charge is -2.37. The summed E-state index contributed by atoms with van der Waals surface area (Å²) in [6, 6.07) is 5.77. The molecule has 0 aliphatic carbocycles. The van der Waals surface area contributed by atoms with E-state index >= 15 is 0 Å². The zero-order valence-corrected chi connectivity index (χ0v) is 13.8. The van der Waals surface area contributed by atoms with E-state index in [1.807, 2.05) is 24.0 Å². The van der Waals surface area contributed by atoms with Gasteiger partial charge in [-0.1, -0.05) is 0 Å². The number of fused-ring (bicyclic) bond motifs is 1. The van der Waals surface area contributed by atoms with E-state index in [0.717, 1.165) is 18.1 Å². The highest BCUT2D eigenvalue weighted by Gasteiger charge is 2.43. The molecule has 0 radical (unpaired) electrons. The average molecular weight is 328 g/mol. The summed E-state index contributed by atoms with van der Waals surface area (Å²) in [5.74, 6) is 1.49. The number of aromatic nitrogens is 2. The van der Waals surface area contributed by atoms with Crippen LogP contribution in [0.2, 0.25) is 0 Å². The van der Waals surface area contributed by atoms with Gasteiger partial charge in [0.05, 0.1) is 36.3 Å².